The molecule has 3 nitrogen and oxygen atoms in total. The Balaban J connectivity index is 2.19. The molecule has 0 spiro atoms. The van der Waals surface area contributed by atoms with Crippen LogP contribution in [-0.2, 0) is 6.18 Å². The molecule has 108 valence electrons. The van der Waals surface area contributed by atoms with E-state index >= 15 is 0 Å². The first-order valence-electron chi connectivity index (χ1n) is 6.08. The predicted molar refractivity (Wildman–Crippen MR) is 72.3 cm³/mol. The third-order valence-electron chi connectivity index (χ3n) is 3.30. The lowest BCUT2D eigenvalue weighted by molar-refractivity contribution is -0.137. The number of nitrogens with zero attached hydrogens (tertiary/aromatic N) is 1. The maximum atomic E-state index is 12.5. The number of hydrogen-bond acceptors (Lipinski definition) is 2. The number of benzene rings is 1. The maximum absolute atomic E-state index is 12.5. The molecule has 1 atom stereocenters. The van der Waals surface area contributed by atoms with Crippen LogP contribution in [0.15, 0.2) is 24.3 Å². The molecule has 1 aliphatic rings. The number of rotatable bonds is 2. The van der Waals surface area contributed by atoms with E-state index in [0.29, 0.717) is 13.0 Å². The van der Waals surface area contributed by atoms with E-state index in [4.69, 9.17) is 18.0 Å². The Morgan fingerprint density at radius 2 is 1.90 bits per heavy atom. The molecule has 1 saturated heterocycles. The normalized spacial score (nSPS) is 19.1. The molecule has 0 radical (unpaired) electrons. The zero-order chi connectivity index (χ0) is 14.9. The van der Waals surface area contributed by atoms with Gasteiger partial charge in [0.2, 0.25) is 0 Å². The van der Waals surface area contributed by atoms with E-state index in [1.54, 1.807) is 0 Å². The van der Waals surface area contributed by atoms with E-state index in [0.717, 1.165) is 18.6 Å². The van der Waals surface area contributed by atoms with Gasteiger partial charge in [0, 0.05) is 12.1 Å². The predicted octanol–water partition coefficient (Wildman–Crippen LogP) is 2.60. The molecule has 1 amide bonds. The van der Waals surface area contributed by atoms with Crippen molar-refractivity contribution in [1.82, 2.24) is 4.90 Å². The summed E-state index contributed by atoms with van der Waals surface area (Å²) in [7, 11) is 0. The second-order valence-corrected chi connectivity index (χ2v) is 5.11. The summed E-state index contributed by atoms with van der Waals surface area (Å²) in [6.07, 6.45) is -2.92. The summed E-state index contributed by atoms with van der Waals surface area (Å²) >= 11 is 4.91. The lowest BCUT2D eigenvalue weighted by Gasteiger charge is -2.23. The molecule has 20 heavy (non-hydrogen) atoms. The van der Waals surface area contributed by atoms with Gasteiger partial charge < -0.3 is 10.6 Å². The molecule has 7 heteroatoms. The number of likely N-dealkylation sites (tertiary alicyclic amines) is 1. The highest BCUT2D eigenvalue weighted by Gasteiger charge is 2.33. The summed E-state index contributed by atoms with van der Waals surface area (Å²) < 4.78 is 37.4. The Kier molecular flexibility index (Phi) is 3.99. The molecule has 0 bridgehead atoms. The van der Waals surface area contributed by atoms with Crippen LogP contribution >= 0.6 is 12.2 Å². The van der Waals surface area contributed by atoms with Crippen molar-refractivity contribution in [3.05, 3.63) is 35.4 Å². The standard InChI is InChI=1S/C13H13F3N2OS/c14-13(15,16)9-5-3-8(4-6-9)12(19)18-7-1-2-10(18)11(17)20/h3-6,10H,1-2,7H2,(H2,17,20). The molecule has 1 aromatic carbocycles. The molecule has 2 N–H and O–H groups in total. The first-order valence-corrected chi connectivity index (χ1v) is 6.49. The van der Waals surface area contributed by atoms with E-state index in [9.17, 15) is 18.0 Å². The zero-order valence-corrected chi connectivity index (χ0v) is 11.3. The van der Waals surface area contributed by atoms with Gasteiger partial charge in [-0.3, -0.25) is 4.79 Å². The molecule has 0 saturated carbocycles. The number of amides is 1. The van der Waals surface area contributed by atoms with Gasteiger partial charge in [-0.25, -0.2) is 0 Å². The average molecular weight is 302 g/mol. The molecular weight excluding hydrogens is 289 g/mol. The van der Waals surface area contributed by atoms with Gasteiger partial charge in [-0.05, 0) is 37.1 Å². The molecule has 1 unspecified atom stereocenters. The van der Waals surface area contributed by atoms with Gasteiger partial charge in [0.1, 0.15) is 0 Å². The van der Waals surface area contributed by atoms with Gasteiger partial charge >= 0.3 is 6.18 Å². The third kappa shape index (κ3) is 2.92. The third-order valence-corrected chi connectivity index (χ3v) is 3.57. The Hall–Kier alpha value is -1.63. The largest absolute Gasteiger partial charge is 0.416 e. The second kappa shape index (κ2) is 5.40. The number of thiocarbonyl (C=S) groups is 1. The Morgan fingerprint density at radius 3 is 2.40 bits per heavy atom. The number of halogens is 3. The molecular formula is C13H13F3N2OS. The summed E-state index contributed by atoms with van der Waals surface area (Å²) in [5.74, 6) is -0.339. The van der Waals surface area contributed by atoms with Crippen molar-refractivity contribution in [2.45, 2.75) is 25.1 Å². The minimum Gasteiger partial charge on any atom is -0.392 e. The lowest BCUT2D eigenvalue weighted by atomic mass is 10.1. The smallest absolute Gasteiger partial charge is 0.392 e. The van der Waals surface area contributed by atoms with Crippen LogP contribution in [0.1, 0.15) is 28.8 Å². The first-order chi connectivity index (χ1) is 9.30. The minimum atomic E-state index is -4.41. The van der Waals surface area contributed by atoms with E-state index in [1.165, 1.54) is 17.0 Å². The molecule has 0 aliphatic carbocycles. The van der Waals surface area contributed by atoms with Gasteiger partial charge in [0.15, 0.2) is 0 Å². The van der Waals surface area contributed by atoms with Crippen molar-refractivity contribution in [3.63, 3.8) is 0 Å². The number of nitrogens with two attached hydrogens (primary N) is 1. The zero-order valence-electron chi connectivity index (χ0n) is 10.5. The summed E-state index contributed by atoms with van der Waals surface area (Å²) in [5, 5.41) is 0. The van der Waals surface area contributed by atoms with Gasteiger partial charge in [0.05, 0.1) is 16.6 Å². The quantitative estimate of drug-likeness (QED) is 0.854. The average Bonchev–Trinajstić information content (AvgIpc) is 2.86. The van der Waals surface area contributed by atoms with Crippen molar-refractivity contribution in [1.29, 1.82) is 0 Å². The van der Waals surface area contributed by atoms with Crippen molar-refractivity contribution in [3.8, 4) is 0 Å². The minimum absolute atomic E-state index is 0.209. The van der Waals surface area contributed by atoms with Gasteiger partial charge in [-0.2, -0.15) is 13.2 Å². The molecule has 0 aromatic heterocycles. The van der Waals surface area contributed by atoms with Crippen molar-refractivity contribution < 1.29 is 18.0 Å². The van der Waals surface area contributed by atoms with Gasteiger partial charge in [0.25, 0.3) is 5.91 Å². The van der Waals surface area contributed by atoms with Crippen LogP contribution in [0.2, 0.25) is 0 Å². The van der Waals surface area contributed by atoms with Crippen LogP contribution in [-0.4, -0.2) is 28.4 Å². The summed E-state index contributed by atoms with van der Waals surface area (Å²) in [6, 6.07) is 3.86. The molecule has 1 aliphatic heterocycles. The van der Waals surface area contributed by atoms with Crippen molar-refractivity contribution >= 4 is 23.1 Å². The van der Waals surface area contributed by atoms with Crippen molar-refractivity contribution in [2.75, 3.05) is 6.54 Å². The van der Waals surface area contributed by atoms with Crippen LogP contribution in [0.25, 0.3) is 0 Å². The number of carbonyl (C=O) groups excluding carboxylic acids is 1. The van der Waals surface area contributed by atoms with Crippen LogP contribution in [0.5, 0.6) is 0 Å². The molecule has 1 heterocycles. The van der Waals surface area contributed by atoms with Gasteiger partial charge in [-0.1, -0.05) is 12.2 Å². The maximum Gasteiger partial charge on any atom is 0.416 e. The van der Waals surface area contributed by atoms with Crippen LogP contribution in [0.3, 0.4) is 0 Å². The monoisotopic (exact) mass is 302 g/mol. The fraction of sp³-hybridized carbons (Fsp3) is 0.385. The topological polar surface area (TPSA) is 46.3 Å². The first kappa shape index (κ1) is 14.8. The fourth-order valence-electron chi connectivity index (χ4n) is 2.27. The van der Waals surface area contributed by atoms with E-state index in [-0.39, 0.29) is 22.5 Å². The van der Waals surface area contributed by atoms with Crippen molar-refractivity contribution in [2.24, 2.45) is 5.73 Å². The van der Waals surface area contributed by atoms with Crippen LogP contribution < -0.4 is 5.73 Å². The lowest BCUT2D eigenvalue weighted by Crippen LogP contribution is -2.42. The summed E-state index contributed by atoms with van der Waals surface area (Å²) in [6.45, 7) is 0.516. The van der Waals surface area contributed by atoms with E-state index in [2.05, 4.69) is 0 Å². The number of carbonyl (C=O) groups is 1. The highest BCUT2D eigenvalue weighted by Crippen LogP contribution is 2.29. The summed E-state index contributed by atoms with van der Waals surface area (Å²) in [5.41, 5.74) is 5.01. The number of alkyl halides is 3. The summed E-state index contributed by atoms with van der Waals surface area (Å²) in [4.78, 5) is 14.0. The van der Waals surface area contributed by atoms with E-state index in [1.807, 2.05) is 0 Å². The van der Waals surface area contributed by atoms with Gasteiger partial charge in [-0.15, -0.1) is 0 Å². The number of hydrogen-bond donors (Lipinski definition) is 1. The Bertz CT molecular complexity index is 527. The Labute approximate surface area is 119 Å². The Morgan fingerprint density at radius 1 is 1.30 bits per heavy atom. The second-order valence-electron chi connectivity index (χ2n) is 4.63. The highest BCUT2D eigenvalue weighted by atomic mass is 32.1. The van der Waals surface area contributed by atoms with Crippen LogP contribution in [0, 0.1) is 0 Å². The highest BCUT2D eigenvalue weighted by molar-refractivity contribution is 7.80. The fourth-order valence-corrected chi connectivity index (χ4v) is 2.52. The molecule has 1 fully saturated rings. The van der Waals surface area contributed by atoms with Crippen LogP contribution in [0.4, 0.5) is 13.2 Å². The van der Waals surface area contributed by atoms with E-state index < -0.39 is 11.7 Å². The SMILES string of the molecule is NC(=S)C1CCCN1C(=O)c1ccc(C(F)(F)F)cc1. The molecule has 1 aromatic rings. The molecule has 2 rings (SSSR count).